The molecule has 0 aliphatic heterocycles. The van der Waals surface area contributed by atoms with E-state index in [2.05, 4.69) is 26.7 Å². The summed E-state index contributed by atoms with van der Waals surface area (Å²) in [5, 5.41) is 6.57. The fourth-order valence-electron chi connectivity index (χ4n) is 2.13. The Morgan fingerprint density at radius 1 is 1.26 bits per heavy atom. The summed E-state index contributed by atoms with van der Waals surface area (Å²) in [4.78, 5) is 19.1. The lowest BCUT2D eigenvalue weighted by Crippen LogP contribution is -2.39. The highest BCUT2D eigenvalue weighted by atomic mass is 16.2. The summed E-state index contributed by atoms with van der Waals surface area (Å²) in [6.45, 7) is 4.08. The minimum Gasteiger partial charge on any atom is -0.359 e. The van der Waals surface area contributed by atoms with Crippen molar-refractivity contribution in [3.05, 3.63) is 35.0 Å². The molecule has 100 valence electrons. The van der Waals surface area contributed by atoms with Gasteiger partial charge in [-0.3, -0.25) is 15.1 Å². The normalized spacial score (nSPS) is 11.7. The first-order chi connectivity index (χ1) is 9.05. The van der Waals surface area contributed by atoms with E-state index in [0.29, 0.717) is 11.7 Å². The predicted molar refractivity (Wildman–Crippen MR) is 77.7 cm³/mol. The quantitative estimate of drug-likeness (QED) is 0.538. The van der Waals surface area contributed by atoms with Gasteiger partial charge >= 0.3 is 0 Å². The predicted octanol–water partition coefficient (Wildman–Crippen LogP) is 1.72. The van der Waals surface area contributed by atoms with Crippen molar-refractivity contribution in [2.45, 2.75) is 13.8 Å². The highest BCUT2D eigenvalue weighted by Crippen LogP contribution is 2.21. The van der Waals surface area contributed by atoms with Crippen LogP contribution in [0.4, 0.5) is 0 Å². The molecule has 2 rings (SSSR count). The molecule has 0 spiro atoms. The standard InChI is InChI=1S/C14H18N4O/c1-8-5-9(2)10-7-12(17-11(10)6-8)13(19)18-14(15-3)16-4/h5-7,17H,1-4H3,(H2,15,16,18,19). The van der Waals surface area contributed by atoms with Gasteiger partial charge in [0.25, 0.3) is 5.91 Å². The summed E-state index contributed by atoms with van der Waals surface area (Å²) in [5.74, 6) is 0.236. The maximum absolute atomic E-state index is 12.1. The molecule has 0 aliphatic carbocycles. The van der Waals surface area contributed by atoms with Crippen molar-refractivity contribution in [1.82, 2.24) is 15.6 Å². The van der Waals surface area contributed by atoms with Crippen LogP contribution in [0, 0.1) is 13.8 Å². The summed E-state index contributed by atoms with van der Waals surface area (Å²) >= 11 is 0. The van der Waals surface area contributed by atoms with Crippen LogP contribution in [0.25, 0.3) is 10.9 Å². The Kier molecular flexibility index (Phi) is 3.55. The van der Waals surface area contributed by atoms with Crippen LogP contribution in [-0.4, -0.2) is 30.9 Å². The van der Waals surface area contributed by atoms with E-state index < -0.39 is 0 Å². The molecule has 0 unspecified atom stereocenters. The van der Waals surface area contributed by atoms with Gasteiger partial charge in [-0.05, 0) is 37.1 Å². The number of carbonyl (C=O) groups is 1. The van der Waals surface area contributed by atoms with Crippen molar-refractivity contribution in [3.8, 4) is 0 Å². The van der Waals surface area contributed by atoms with E-state index in [-0.39, 0.29) is 5.91 Å². The van der Waals surface area contributed by atoms with E-state index in [1.54, 1.807) is 14.1 Å². The van der Waals surface area contributed by atoms with Crippen LogP contribution >= 0.6 is 0 Å². The molecule has 5 nitrogen and oxygen atoms in total. The van der Waals surface area contributed by atoms with Crippen LogP contribution < -0.4 is 10.6 Å². The molecule has 0 saturated carbocycles. The van der Waals surface area contributed by atoms with Crippen LogP contribution in [-0.2, 0) is 0 Å². The van der Waals surface area contributed by atoms with Gasteiger partial charge in [0.1, 0.15) is 5.69 Å². The second-order valence-electron chi connectivity index (χ2n) is 4.50. The monoisotopic (exact) mass is 258 g/mol. The Bertz CT molecular complexity index is 655. The molecule has 5 heteroatoms. The van der Waals surface area contributed by atoms with Crippen molar-refractivity contribution in [2.24, 2.45) is 4.99 Å². The van der Waals surface area contributed by atoms with Crippen molar-refractivity contribution in [1.29, 1.82) is 0 Å². The number of nitrogens with zero attached hydrogens (tertiary/aromatic N) is 1. The number of aliphatic imine (C=N–C) groups is 1. The molecule has 1 aromatic carbocycles. The molecule has 2 aromatic rings. The molecule has 0 radical (unpaired) electrons. The van der Waals surface area contributed by atoms with Crippen molar-refractivity contribution >= 4 is 22.8 Å². The summed E-state index contributed by atoms with van der Waals surface area (Å²) in [5.41, 5.74) is 3.83. The van der Waals surface area contributed by atoms with Gasteiger partial charge in [-0.1, -0.05) is 6.07 Å². The van der Waals surface area contributed by atoms with Gasteiger partial charge in [0.05, 0.1) is 0 Å². The first-order valence-corrected chi connectivity index (χ1v) is 6.11. The van der Waals surface area contributed by atoms with E-state index in [0.717, 1.165) is 16.5 Å². The largest absolute Gasteiger partial charge is 0.359 e. The average Bonchev–Trinajstić information content (AvgIpc) is 2.79. The van der Waals surface area contributed by atoms with Gasteiger partial charge in [-0.2, -0.15) is 0 Å². The number of aromatic nitrogens is 1. The van der Waals surface area contributed by atoms with E-state index in [4.69, 9.17) is 0 Å². The molecule has 1 heterocycles. The first-order valence-electron chi connectivity index (χ1n) is 6.11. The fourth-order valence-corrected chi connectivity index (χ4v) is 2.13. The minimum absolute atomic E-state index is 0.205. The van der Waals surface area contributed by atoms with Crippen LogP contribution in [0.15, 0.2) is 23.2 Å². The molecule has 0 aliphatic rings. The Morgan fingerprint density at radius 3 is 2.63 bits per heavy atom. The summed E-state index contributed by atoms with van der Waals surface area (Å²) < 4.78 is 0. The van der Waals surface area contributed by atoms with Crippen molar-refractivity contribution < 1.29 is 4.79 Å². The molecule has 3 N–H and O–H groups in total. The Hall–Kier alpha value is -2.30. The maximum atomic E-state index is 12.1. The van der Waals surface area contributed by atoms with Gasteiger partial charge in [0.2, 0.25) is 0 Å². The fraction of sp³-hybridized carbons (Fsp3) is 0.286. The van der Waals surface area contributed by atoms with Gasteiger partial charge in [-0.25, -0.2) is 0 Å². The Balaban J connectivity index is 2.36. The van der Waals surface area contributed by atoms with Gasteiger partial charge in [-0.15, -0.1) is 0 Å². The number of benzene rings is 1. The molecule has 1 amide bonds. The highest BCUT2D eigenvalue weighted by molar-refractivity contribution is 6.07. The molecule has 0 fully saturated rings. The number of guanidine groups is 1. The number of hydrogen-bond donors (Lipinski definition) is 3. The lowest BCUT2D eigenvalue weighted by Gasteiger charge is -2.05. The summed E-state index contributed by atoms with van der Waals surface area (Å²) in [6, 6.07) is 6.00. The van der Waals surface area contributed by atoms with Gasteiger partial charge in [0.15, 0.2) is 5.96 Å². The zero-order chi connectivity index (χ0) is 14.0. The lowest BCUT2D eigenvalue weighted by molar-refractivity contribution is 0.0972. The number of carbonyl (C=O) groups excluding carboxylic acids is 1. The molecule has 19 heavy (non-hydrogen) atoms. The Morgan fingerprint density at radius 2 is 2.00 bits per heavy atom. The Labute approximate surface area is 112 Å². The molecule has 1 aromatic heterocycles. The zero-order valence-electron chi connectivity index (χ0n) is 11.6. The number of aromatic amines is 1. The molecular formula is C14H18N4O. The third-order valence-electron chi connectivity index (χ3n) is 3.03. The SMILES string of the molecule is CN=C(NC)NC(=O)c1cc2c(C)cc(C)cc2[nH]1. The highest BCUT2D eigenvalue weighted by Gasteiger charge is 2.12. The summed E-state index contributed by atoms with van der Waals surface area (Å²) in [6.07, 6.45) is 0. The van der Waals surface area contributed by atoms with Gasteiger partial charge < -0.3 is 10.3 Å². The number of rotatable bonds is 1. The van der Waals surface area contributed by atoms with E-state index in [1.807, 2.05) is 26.0 Å². The summed E-state index contributed by atoms with van der Waals surface area (Å²) in [7, 11) is 3.33. The number of H-pyrrole nitrogens is 1. The molecular weight excluding hydrogens is 240 g/mol. The van der Waals surface area contributed by atoms with Crippen LogP contribution in [0.2, 0.25) is 0 Å². The molecule has 0 atom stereocenters. The molecule has 0 bridgehead atoms. The van der Waals surface area contributed by atoms with Crippen molar-refractivity contribution in [2.75, 3.05) is 14.1 Å². The van der Waals surface area contributed by atoms with E-state index >= 15 is 0 Å². The third-order valence-corrected chi connectivity index (χ3v) is 3.03. The van der Waals surface area contributed by atoms with Crippen molar-refractivity contribution in [3.63, 3.8) is 0 Å². The second kappa shape index (κ2) is 5.14. The first kappa shape index (κ1) is 13.1. The van der Waals surface area contributed by atoms with Crippen LogP contribution in [0.3, 0.4) is 0 Å². The minimum atomic E-state index is -0.205. The third kappa shape index (κ3) is 2.59. The number of hydrogen-bond acceptors (Lipinski definition) is 2. The lowest BCUT2D eigenvalue weighted by atomic mass is 10.1. The average molecular weight is 258 g/mol. The van der Waals surface area contributed by atoms with Crippen LogP contribution in [0.1, 0.15) is 21.6 Å². The number of amides is 1. The maximum Gasteiger partial charge on any atom is 0.274 e. The van der Waals surface area contributed by atoms with E-state index in [9.17, 15) is 4.79 Å². The number of aryl methyl sites for hydroxylation is 2. The van der Waals surface area contributed by atoms with E-state index in [1.165, 1.54) is 5.56 Å². The number of fused-ring (bicyclic) bond motifs is 1. The molecule has 0 saturated heterocycles. The number of nitrogens with one attached hydrogen (secondary N) is 3. The second-order valence-corrected chi connectivity index (χ2v) is 4.50. The van der Waals surface area contributed by atoms with Gasteiger partial charge in [0, 0.05) is 25.0 Å². The topological polar surface area (TPSA) is 69.3 Å². The zero-order valence-corrected chi connectivity index (χ0v) is 11.6. The van der Waals surface area contributed by atoms with Crippen LogP contribution in [0.5, 0.6) is 0 Å². The smallest absolute Gasteiger partial charge is 0.274 e.